The number of nitro groups is 1. The number of nitrogens with one attached hydrogen (secondary N) is 1. The van der Waals surface area contributed by atoms with Gasteiger partial charge in [0.2, 0.25) is 0 Å². The molecule has 0 spiro atoms. The van der Waals surface area contributed by atoms with E-state index in [-0.39, 0.29) is 21.2 Å². The topological polar surface area (TPSA) is 119 Å². The Bertz CT molecular complexity index is 1280. The van der Waals surface area contributed by atoms with Crippen molar-refractivity contribution in [3.05, 3.63) is 87.4 Å². The molecule has 3 aromatic carbocycles. The first kappa shape index (κ1) is 23.0. The number of ether oxygens (including phenoxy) is 1. The third-order valence-corrected chi connectivity index (χ3v) is 6.70. The van der Waals surface area contributed by atoms with E-state index >= 15 is 0 Å². The van der Waals surface area contributed by atoms with Gasteiger partial charge in [0.15, 0.2) is 0 Å². The molecule has 0 saturated carbocycles. The van der Waals surface area contributed by atoms with Gasteiger partial charge >= 0.3 is 0 Å². The smallest absolute Gasteiger partial charge is 0.289 e. The van der Waals surface area contributed by atoms with Gasteiger partial charge in [-0.25, -0.2) is 8.42 Å². The SMILES string of the molecule is COc1ccc(NC(=O)c2ccccc2N(C)S(=O)(=O)c2ccc(Cl)c([N+](=O)[O-])c2)cc1. The van der Waals surface area contributed by atoms with Crippen molar-refractivity contribution in [2.75, 3.05) is 23.8 Å². The molecule has 1 N–H and O–H groups in total. The zero-order valence-electron chi connectivity index (χ0n) is 17.0. The van der Waals surface area contributed by atoms with E-state index in [1.165, 1.54) is 32.4 Å². The van der Waals surface area contributed by atoms with Crippen LogP contribution in [0.1, 0.15) is 10.4 Å². The Labute approximate surface area is 189 Å². The third-order valence-electron chi connectivity index (χ3n) is 4.61. The molecule has 0 aliphatic heterocycles. The van der Waals surface area contributed by atoms with Crippen LogP contribution in [0.25, 0.3) is 0 Å². The second-order valence-corrected chi connectivity index (χ2v) is 8.92. The van der Waals surface area contributed by atoms with Gasteiger partial charge in [-0.2, -0.15) is 0 Å². The van der Waals surface area contributed by atoms with Crippen LogP contribution in [-0.4, -0.2) is 33.4 Å². The molecular weight excluding hydrogens is 458 g/mol. The van der Waals surface area contributed by atoms with Crippen molar-refractivity contribution in [1.29, 1.82) is 0 Å². The monoisotopic (exact) mass is 475 g/mol. The second kappa shape index (κ2) is 9.25. The standard InChI is InChI=1S/C21H18ClN3O6S/c1-24(32(29,30)16-11-12-18(22)20(13-16)25(27)28)19-6-4-3-5-17(19)21(26)23-14-7-9-15(31-2)10-8-14/h3-13H,1-2H3,(H,23,26). The number of carbonyl (C=O) groups is 1. The van der Waals surface area contributed by atoms with Crippen LogP contribution in [0.5, 0.6) is 5.75 Å². The first-order valence-corrected chi connectivity index (χ1v) is 10.9. The minimum atomic E-state index is -4.23. The lowest BCUT2D eigenvalue weighted by Gasteiger charge is -2.22. The van der Waals surface area contributed by atoms with Gasteiger partial charge in [-0.1, -0.05) is 23.7 Å². The average molecular weight is 476 g/mol. The van der Waals surface area contributed by atoms with E-state index in [9.17, 15) is 23.3 Å². The Kier molecular flexibility index (Phi) is 6.66. The Morgan fingerprint density at radius 1 is 1.09 bits per heavy atom. The molecule has 0 unspecified atom stereocenters. The summed E-state index contributed by atoms with van der Waals surface area (Å²) >= 11 is 5.79. The highest BCUT2D eigenvalue weighted by Crippen LogP contribution is 2.31. The maximum absolute atomic E-state index is 13.1. The number of nitro benzene ring substituents is 1. The minimum Gasteiger partial charge on any atom is -0.497 e. The molecule has 0 aromatic heterocycles. The zero-order valence-corrected chi connectivity index (χ0v) is 18.6. The van der Waals surface area contributed by atoms with E-state index in [1.54, 1.807) is 36.4 Å². The van der Waals surface area contributed by atoms with Crippen molar-refractivity contribution in [2.45, 2.75) is 4.90 Å². The predicted molar refractivity (Wildman–Crippen MR) is 121 cm³/mol. The van der Waals surface area contributed by atoms with Crippen LogP contribution in [0, 0.1) is 10.1 Å². The Morgan fingerprint density at radius 3 is 2.38 bits per heavy atom. The van der Waals surface area contributed by atoms with Crippen molar-refractivity contribution >= 4 is 44.6 Å². The molecule has 3 aromatic rings. The highest BCUT2D eigenvalue weighted by Gasteiger charge is 2.27. The second-order valence-electron chi connectivity index (χ2n) is 6.54. The van der Waals surface area contributed by atoms with Gasteiger partial charge < -0.3 is 10.1 Å². The van der Waals surface area contributed by atoms with Crippen LogP contribution in [0.3, 0.4) is 0 Å². The van der Waals surface area contributed by atoms with Crippen molar-refractivity contribution in [2.24, 2.45) is 0 Å². The highest BCUT2D eigenvalue weighted by molar-refractivity contribution is 7.92. The van der Waals surface area contributed by atoms with E-state index in [0.29, 0.717) is 11.4 Å². The van der Waals surface area contributed by atoms with Gasteiger partial charge in [0.1, 0.15) is 10.8 Å². The molecule has 3 rings (SSSR count). The van der Waals surface area contributed by atoms with E-state index in [4.69, 9.17) is 16.3 Å². The lowest BCUT2D eigenvalue weighted by molar-refractivity contribution is -0.384. The number of para-hydroxylation sites is 1. The Hall–Kier alpha value is -3.63. The first-order valence-electron chi connectivity index (χ1n) is 9.12. The van der Waals surface area contributed by atoms with Gasteiger partial charge in [-0.05, 0) is 48.5 Å². The largest absolute Gasteiger partial charge is 0.497 e. The van der Waals surface area contributed by atoms with Crippen LogP contribution in [0.15, 0.2) is 71.6 Å². The summed E-state index contributed by atoms with van der Waals surface area (Å²) in [7, 11) is -1.45. The average Bonchev–Trinajstić information content (AvgIpc) is 2.79. The summed E-state index contributed by atoms with van der Waals surface area (Å²) in [6.07, 6.45) is 0. The molecule has 0 atom stereocenters. The highest BCUT2D eigenvalue weighted by atomic mass is 35.5. The fraction of sp³-hybridized carbons (Fsp3) is 0.0952. The first-order chi connectivity index (χ1) is 15.1. The van der Waals surface area contributed by atoms with Gasteiger partial charge in [0, 0.05) is 18.8 Å². The number of hydrogen-bond donors (Lipinski definition) is 1. The summed E-state index contributed by atoms with van der Waals surface area (Å²) in [4.78, 5) is 22.9. The molecule has 0 fully saturated rings. The molecule has 0 bridgehead atoms. The van der Waals surface area contributed by atoms with Crippen molar-refractivity contribution in [3.8, 4) is 5.75 Å². The van der Waals surface area contributed by atoms with Crippen molar-refractivity contribution < 1.29 is 22.9 Å². The fourth-order valence-electron chi connectivity index (χ4n) is 2.89. The maximum atomic E-state index is 13.1. The molecular formula is C21H18ClN3O6S. The van der Waals surface area contributed by atoms with E-state index in [0.717, 1.165) is 16.4 Å². The Balaban J connectivity index is 1.95. The number of anilines is 2. The van der Waals surface area contributed by atoms with Crippen molar-refractivity contribution in [3.63, 3.8) is 0 Å². The quantitative estimate of drug-likeness (QED) is 0.401. The van der Waals surface area contributed by atoms with Crippen LogP contribution in [0.4, 0.5) is 17.1 Å². The summed E-state index contributed by atoms with van der Waals surface area (Å²) in [5.74, 6) is 0.0844. The van der Waals surface area contributed by atoms with Crippen molar-refractivity contribution in [1.82, 2.24) is 0 Å². The molecule has 1 amide bonds. The number of hydrogen-bond acceptors (Lipinski definition) is 6. The maximum Gasteiger partial charge on any atom is 0.289 e. The number of halogens is 1. The summed E-state index contributed by atoms with van der Waals surface area (Å²) in [5, 5.41) is 13.7. The summed E-state index contributed by atoms with van der Waals surface area (Å²) in [6.45, 7) is 0. The number of sulfonamides is 1. The van der Waals surface area contributed by atoms with Gasteiger partial charge in [0.05, 0.1) is 28.2 Å². The summed E-state index contributed by atoms with van der Waals surface area (Å²) < 4.78 is 32.2. The molecule has 0 heterocycles. The molecule has 0 aliphatic rings. The van der Waals surface area contributed by atoms with E-state index in [1.807, 2.05) is 0 Å². The molecule has 166 valence electrons. The van der Waals surface area contributed by atoms with Crippen LogP contribution in [0.2, 0.25) is 5.02 Å². The van der Waals surface area contributed by atoms with Crippen LogP contribution >= 0.6 is 11.6 Å². The van der Waals surface area contributed by atoms with Gasteiger partial charge in [-0.15, -0.1) is 0 Å². The molecule has 0 saturated heterocycles. The third kappa shape index (κ3) is 4.66. The molecule has 9 nitrogen and oxygen atoms in total. The number of carbonyl (C=O) groups excluding carboxylic acids is 1. The van der Waals surface area contributed by atoms with Crippen LogP contribution in [-0.2, 0) is 10.0 Å². The lowest BCUT2D eigenvalue weighted by atomic mass is 10.1. The zero-order chi connectivity index (χ0) is 23.5. The normalized spacial score (nSPS) is 11.0. The molecule has 32 heavy (non-hydrogen) atoms. The van der Waals surface area contributed by atoms with Crippen LogP contribution < -0.4 is 14.4 Å². The van der Waals surface area contributed by atoms with E-state index < -0.39 is 26.5 Å². The summed E-state index contributed by atoms with van der Waals surface area (Å²) in [6, 6.07) is 15.9. The molecule has 0 radical (unpaired) electrons. The number of methoxy groups -OCH3 is 1. The van der Waals surface area contributed by atoms with Gasteiger partial charge in [0.25, 0.3) is 21.6 Å². The minimum absolute atomic E-state index is 0.0936. The fourth-order valence-corrected chi connectivity index (χ4v) is 4.31. The molecule has 11 heteroatoms. The molecule has 0 aliphatic carbocycles. The number of amides is 1. The summed E-state index contributed by atoms with van der Waals surface area (Å²) in [5.41, 5.74) is 0.144. The van der Waals surface area contributed by atoms with Gasteiger partial charge in [-0.3, -0.25) is 19.2 Å². The number of nitrogens with zero attached hydrogens (tertiary/aromatic N) is 2. The number of benzene rings is 3. The van der Waals surface area contributed by atoms with E-state index in [2.05, 4.69) is 5.32 Å². The predicted octanol–water partition coefficient (Wildman–Crippen LogP) is 4.33. The Morgan fingerprint density at radius 2 is 1.75 bits per heavy atom. The number of rotatable bonds is 7. The lowest BCUT2D eigenvalue weighted by Crippen LogP contribution is -2.29.